The van der Waals surface area contributed by atoms with Gasteiger partial charge in [-0.15, -0.1) is 5.06 Å². The highest BCUT2D eigenvalue weighted by Gasteiger charge is 2.36. The van der Waals surface area contributed by atoms with Gasteiger partial charge in [-0.1, -0.05) is 0 Å². The minimum absolute atomic E-state index is 0.0638. The van der Waals surface area contributed by atoms with Crippen LogP contribution in [0.3, 0.4) is 0 Å². The average Bonchev–Trinajstić information content (AvgIpc) is 2.08. The summed E-state index contributed by atoms with van der Waals surface area (Å²) in [5, 5.41) is 9.82. The quantitative estimate of drug-likeness (QED) is 0.712. The molecule has 0 aromatic rings. The summed E-state index contributed by atoms with van der Waals surface area (Å²) in [5.41, 5.74) is -0.540. The van der Waals surface area contributed by atoms with Gasteiger partial charge in [0.25, 0.3) is 0 Å². The largest absolute Gasteiger partial charge is 0.367 e. The second kappa shape index (κ2) is 4.62. The van der Waals surface area contributed by atoms with Crippen LogP contribution in [0.2, 0.25) is 0 Å². The first-order chi connectivity index (χ1) is 7.34. The van der Waals surface area contributed by atoms with E-state index >= 15 is 0 Å². The molecule has 0 bridgehead atoms. The number of Topliss-reactive ketones (excluding diaryl/α,β-unsaturated/α-hetero) is 1. The monoisotopic (exact) mass is 224 g/mol. The maximum absolute atomic E-state index is 11.5. The molecule has 5 nitrogen and oxygen atoms in total. The zero-order chi connectivity index (χ0) is 12.3. The van der Waals surface area contributed by atoms with Crippen LogP contribution in [0.25, 0.3) is 0 Å². The molecule has 88 valence electrons. The van der Waals surface area contributed by atoms with Gasteiger partial charge in [0.1, 0.15) is 0 Å². The first-order valence-electron chi connectivity index (χ1n) is 5.21. The Morgan fingerprint density at radius 1 is 1.44 bits per heavy atom. The summed E-state index contributed by atoms with van der Waals surface area (Å²) in [5.74, 6) is -0.545. The molecule has 5 heteroatoms. The zero-order valence-corrected chi connectivity index (χ0v) is 9.82. The molecular weight excluding hydrogens is 208 g/mol. The molecule has 1 aliphatic rings. The molecule has 0 N–H and O–H groups in total. The van der Waals surface area contributed by atoms with Gasteiger partial charge in [0.15, 0.2) is 5.78 Å². The van der Waals surface area contributed by atoms with Gasteiger partial charge >= 0.3 is 5.97 Å². The van der Waals surface area contributed by atoms with Crippen LogP contribution in [0.4, 0.5) is 0 Å². The third kappa shape index (κ3) is 3.04. The van der Waals surface area contributed by atoms with E-state index in [0.29, 0.717) is 13.1 Å². The van der Waals surface area contributed by atoms with Crippen molar-refractivity contribution in [1.82, 2.24) is 5.06 Å². The van der Waals surface area contributed by atoms with Crippen LogP contribution >= 0.6 is 0 Å². The van der Waals surface area contributed by atoms with Gasteiger partial charge in [0, 0.05) is 13.1 Å². The molecule has 0 unspecified atom stereocenters. The van der Waals surface area contributed by atoms with Crippen molar-refractivity contribution in [3.63, 3.8) is 0 Å². The van der Waals surface area contributed by atoms with E-state index in [4.69, 9.17) is 10.1 Å². The third-order valence-electron chi connectivity index (χ3n) is 2.38. The first kappa shape index (κ1) is 12.7. The van der Waals surface area contributed by atoms with E-state index in [1.54, 1.807) is 20.8 Å². The number of hydroxylamine groups is 2. The summed E-state index contributed by atoms with van der Waals surface area (Å²) in [4.78, 5) is 27.8. The maximum Gasteiger partial charge on any atom is 0.330 e. The smallest absolute Gasteiger partial charge is 0.330 e. The van der Waals surface area contributed by atoms with Gasteiger partial charge in [0.05, 0.1) is 23.8 Å². The molecule has 0 aliphatic carbocycles. The van der Waals surface area contributed by atoms with Crippen LogP contribution in [0.15, 0.2) is 0 Å². The number of carbonyl (C=O) groups is 2. The molecular formula is C11H16N2O3. The summed E-state index contributed by atoms with van der Waals surface area (Å²) in [6, 6.07) is 1.82. The Hall–Kier alpha value is -1.41. The van der Waals surface area contributed by atoms with E-state index < -0.39 is 5.41 Å². The second-order valence-electron chi connectivity index (χ2n) is 4.97. The van der Waals surface area contributed by atoms with Gasteiger partial charge in [-0.25, -0.2) is 4.79 Å². The normalized spacial score (nSPS) is 17.4. The summed E-state index contributed by atoms with van der Waals surface area (Å²) < 4.78 is 0. The number of ketones is 1. The van der Waals surface area contributed by atoms with E-state index in [1.807, 2.05) is 6.07 Å². The Bertz CT molecular complexity index is 332. The molecule has 0 amide bonds. The molecule has 0 spiro atoms. The molecule has 0 aromatic carbocycles. The Labute approximate surface area is 94.9 Å². The molecule has 1 heterocycles. The molecule has 0 saturated carbocycles. The van der Waals surface area contributed by atoms with Crippen molar-refractivity contribution in [3.05, 3.63) is 0 Å². The minimum Gasteiger partial charge on any atom is -0.367 e. The van der Waals surface area contributed by atoms with Crippen molar-refractivity contribution in [3.8, 4) is 6.07 Å². The zero-order valence-electron chi connectivity index (χ0n) is 9.82. The number of nitrogens with zero attached hydrogens (tertiary/aromatic N) is 2. The summed E-state index contributed by atoms with van der Waals surface area (Å²) in [6.07, 6.45) is -0.0638. The fourth-order valence-electron chi connectivity index (χ4n) is 1.19. The van der Waals surface area contributed by atoms with Gasteiger partial charge in [-0.2, -0.15) is 5.26 Å². The lowest BCUT2D eigenvalue weighted by molar-refractivity contribution is -0.227. The van der Waals surface area contributed by atoms with Crippen LogP contribution < -0.4 is 0 Å². The van der Waals surface area contributed by atoms with Crippen LogP contribution in [0.5, 0.6) is 0 Å². The fourth-order valence-corrected chi connectivity index (χ4v) is 1.19. The lowest BCUT2D eigenvalue weighted by Crippen LogP contribution is -2.51. The predicted molar refractivity (Wildman–Crippen MR) is 55.8 cm³/mol. The van der Waals surface area contributed by atoms with Crippen LogP contribution in [-0.4, -0.2) is 29.9 Å². The molecule has 0 atom stereocenters. The highest BCUT2D eigenvalue weighted by Crippen LogP contribution is 2.22. The lowest BCUT2D eigenvalue weighted by atomic mass is 9.95. The van der Waals surface area contributed by atoms with Gasteiger partial charge in [-0.05, 0) is 20.8 Å². The van der Waals surface area contributed by atoms with Crippen LogP contribution in [-0.2, 0) is 14.4 Å². The second-order valence-corrected chi connectivity index (χ2v) is 4.97. The highest BCUT2D eigenvalue weighted by molar-refractivity contribution is 5.84. The van der Waals surface area contributed by atoms with E-state index in [2.05, 4.69) is 0 Å². The molecule has 1 saturated heterocycles. The summed E-state index contributed by atoms with van der Waals surface area (Å²) in [7, 11) is 0. The number of rotatable bonds is 3. The van der Waals surface area contributed by atoms with Crippen molar-refractivity contribution in [2.75, 3.05) is 13.1 Å². The number of carbonyl (C=O) groups excluding carboxylic acids is 2. The Kier molecular flexibility index (Phi) is 3.66. The topological polar surface area (TPSA) is 70.4 Å². The van der Waals surface area contributed by atoms with Crippen LogP contribution in [0.1, 0.15) is 27.2 Å². The minimum atomic E-state index is -0.540. The van der Waals surface area contributed by atoms with Crippen molar-refractivity contribution in [2.24, 2.45) is 11.3 Å². The Morgan fingerprint density at radius 2 is 2.00 bits per heavy atom. The molecule has 1 rings (SSSR count). The van der Waals surface area contributed by atoms with E-state index in [9.17, 15) is 9.59 Å². The van der Waals surface area contributed by atoms with Crippen LogP contribution in [0, 0.1) is 22.7 Å². The Balaban J connectivity index is 2.30. The molecule has 1 fully saturated rings. The average molecular weight is 224 g/mol. The van der Waals surface area contributed by atoms with E-state index in [0.717, 1.165) is 0 Å². The summed E-state index contributed by atoms with van der Waals surface area (Å²) in [6.45, 7) is 6.12. The van der Waals surface area contributed by atoms with Crippen molar-refractivity contribution in [1.29, 1.82) is 5.26 Å². The summed E-state index contributed by atoms with van der Waals surface area (Å²) >= 11 is 0. The van der Waals surface area contributed by atoms with Crippen molar-refractivity contribution in [2.45, 2.75) is 27.2 Å². The lowest BCUT2D eigenvalue weighted by Gasteiger charge is -2.37. The number of nitriles is 1. The fraction of sp³-hybridized carbons (Fsp3) is 0.727. The number of hydrogen-bond donors (Lipinski definition) is 0. The Morgan fingerprint density at radius 3 is 2.44 bits per heavy atom. The van der Waals surface area contributed by atoms with Crippen molar-refractivity contribution >= 4 is 11.8 Å². The van der Waals surface area contributed by atoms with Gasteiger partial charge in [0.2, 0.25) is 0 Å². The standard InChI is InChI=1S/C11H16N2O3/c1-11(2,3)10(15)16-13-6-8(7-13)9(14)4-5-12/h8H,4,6-7H2,1-3H3. The highest BCUT2D eigenvalue weighted by atomic mass is 16.7. The van der Waals surface area contributed by atoms with E-state index in [-0.39, 0.29) is 24.1 Å². The predicted octanol–water partition coefficient (Wildman–Crippen LogP) is 0.905. The third-order valence-corrected chi connectivity index (χ3v) is 2.38. The molecule has 1 aliphatic heterocycles. The molecule has 16 heavy (non-hydrogen) atoms. The maximum atomic E-state index is 11.5. The number of hydrogen-bond acceptors (Lipinski definition) is 5. The molecule has 0 radical (unpaired) electrons. The van der Waals surface area contributed by atoms with E-state index in [1.165, 1.54) is 5.06 Å². The first-order valence-corrected chi connectivity index (χ1v) is 5.21. The van der Waals surface area contributed by atoms with Gasteiger partial charge in [-0.3, -0.25) is 4.79 Å². The van der Waals surface area contributed by atoms with Gasteiger partial charge < -0.3 is 4.84 Å². The SMILES string of the molecule is CC(C)(C)C(=O)ON1CC(C(=O)CC#N)C1. The molecule has 0 aromatic heterocycles. The van der Waals surface area contributed by atoms with Crippen molar-refractivity contribution < 1.29 is 14.4 Å².